The molecule has 0 aliphatic rings. The molecule has 0 aliphatic carbocycles. The van der Waals surface area contributed by atoms with Gasteiger partial charge in [-0.3, -0.25) is 4.68 Å². The summed E-state index contributed by atoms with van der Waals surface area (Å²) in [5.74, 6) is 0.494. The fraction of sp³-hybridized carbons (Fsp3) is 0.231. The second-order valence-corrected chi connectivity index (χ2v) is 4.03. The third kappa shape index (κ3) is 2.91. The largest absolute Gasteiger partial charge is 0.496 e. The number of hydrogen-bond donors (Lipinski definition) is 0. The zero-order valence-corrected chi connectivity index (χ0v) is 10.5. The Morgan fingerprint density at radius 3 is 2.65 bits per heavy atom. The van der Waals surface area contributed by atoms with E-state index in [0.29, 0.717) is 16.9 Å². The maximum Gasteiger partial charge on any atom is 0.435 e. The van der Waals surface area contributed by atoms with Crippen LogP contribution in [-0.4, -0.2) is 16.9 Å². The molecule has 2 rings (SSSR count). The van der Waals surface area contributed by atoms with Crippen molar-refractivity contribution >= 4 is 0 Å². The average molecular weight is 281 g/mol. The predicted molar refractivity (Wildman–Crippen MR) is 64.0 cm³/mol. The third-order valence-corrected chi connectivity index (χ3v) is 2.67. The highest BCUT2D eigenvalue weighted by Crippen LogP contribution is 2.28. The van der Waals surface area contributed by atoms with E-state index in [2.05, 4.69) is 5.10 Å². The SMILES string of the molecule is COc1ccc(C#N)cc1Cn1ccc(C(F)(F)F)n1. The molecule has 0 bridgehead atoms. The molecular formula is C13H10F3N3O. The Labute approximate surface area is 113 Å². The molecule has 0 aliphatic heterocycles. The molecule has 0 atom stereocenters. The first-order valence-electron chi connectivity index (χ1n) is 5.61. The normalized spacial score (nSPS) is 11.2. The second-order valence-electron chi connectivity index (χ2n) is 4.03. The van der Waals surface area contributed by atoms with E-state index in [0.717, 1.165) is 10.7 Å². The van der Waals surface area contributed by atoms with Gasteiger partial charge in [-0.1, -0.05) is 0 Å². The zero-order chi connectivity index (χ0) is 14.8. The van der Waals surface area contributed by atoms with E-state index in [1.807, 2.05) is 6.07 Å². The number of nitrogens with zero attached hydrogens (tertiary/aromatic N) is 3. The summed E-state index contributed by atoms with van der Waals surface area (Å²) in [5.41, 5.74) is 0.0419. The molecule has 0 saturated carbocycles. The Bertz CT molecular complexity index is 656. The Kier molecular flexibility index (Phi) is 3.66. The molecule has 0 spiro atoms. The first kappa shape index (κ1) is 13.9. The Balaban J connectivity index is 2.30. The van der Waals surface area contributed by atoms with Crippen LogP contribution in [0.25, 0.3) is 0 Å². The van der Waals surface area contributed by atoms with Crippen LogP contribution in [-0.2, 0) is 12.7 Å². The van der Waals surface area contributed by atoms with Crippen molar-refractivity contribution in [2.24, 2.45) is 0 Å². The number of hydrogen-bond acceptors (Lipinski definition) is 3. The zero-order valence-electron chi connectivity index (χ0n) is 10.5. The first-order valence-corrected chi connectivity index (χ1v) is 5.61. The van der Waals surface area contributed by atoms with Crippen LogP contribution < -0.4 is 4.74 Å². The standard InChI is InChI=1S/C13H10F3N3O/c1-20-11-3-2-9(7-17)6-10(11)8-19-5-4-12(18-19)13(14,15)16/h2-6H,8H2,1H3. The monoisotopic (exact) mass is 281 g/mol. The number of nitriles is 1. The number of methoxy groups -OCH3 is 1. The van der Waals surface area contributed by atoms with Gasteiger partial charge in [-0.2, -0.15) is 23.5 Å². The highest BCUT2D eigenvalue weighted by molar-refractivity contribution is 5.42. The average Bonchev–Trinajstić information content (AvgIpc) is 2.87. The predicted octanol–water partition coefficient (Wildman–Crippen LogP) is 2.83. The van der Waals surface area contributed by atoms with Crippen LogP contribution in [0, 0.1) is 11.3 Å². The topological polar surface area (TPSA) is 50.8 Å². The second kappa shape index (κ2) is 5.25. The van der Waals surface area contributed by atoms with Gasteiger partial charge in [0.25, 0.3) is 0 Å². The lowest BCUT2D eigenvalue weighted by molar-refractivity contribution is -0.141. The van der Waals surface area contributed by atoms with Crippen LogP contribution in [0.4, 0.5) is 13.2 Å². The molecule has 1 aromatic heterocycles. The van der Waals surface area contributed by atoms with E-state index in [1.165, 1.54) is 13.3 Å². The molecule has 0 N–H and O–H groups in total. The lowest BCUT2D eigenvalue weighted by atomic mass is 10.1. The van der Waals surface area contributed by atoms with Gasteiger partial charge in [-0.15, -0.1) is 0 Å². The fourth-order valence-electron chi connectivity index (χ4n) is 1.75. The van der Waals surface area contributed by atoms with Gasteiger partial charge in [-0.25, -0.2) is 0 Å². The summed E-state index contributed by atoms with van der Waals surface area (Å²) >= 11 is 0. The minimum absolute atomic E-state index is 0.0920. The van der Waals surface area contributed by atoms with Crippen molar-refractivity contribution in [2.45, 2.75) is 12.7 Å². The minimum Gasteiger partial charge on any atom is -0.496 e. The van der Waals surface area contributed by atoms with Crippen molar-refractivity contribution in [1.29, 1.82) is 5.26 Å². The molecule has 20 heavy (non-hydrogen) atoms. The van der Waals surface area contributed by atoms with Crippen molar-refractivity contribution in [1.82, 2.24) is 9.78 Å². The molecule has 0 radical (unpaired) electrons. The summed E-state index contributed by atoms with van der Waals surface area (Å²) in [6.45, 7) is 0.0920. The van der Waals surface area contributed by atoms with Crippen LogP contribution in [0.3, 0.4) is 0 Å². The van der Waals surface area contributed by atoms with Crippen LogP contribution in [0.5, 0.6) is 5.75 Å². The quantitative estimate of drug-likeness (QED) is 0.869. The number of benzene rings is 1. The smallest absolute Gasteiger partial charge is 0.435 e. The Morgan fingerprint density at radius 1 is 1.35 bits per heavy atom. The van der Waals surface area contributed by atoms with Gasteiger partial charge in [0.1, 0.15) is 5.75 Å². The lowest BCUT2D eigenvalue weighted by Gasteiger charge is -2.09. The van der Waals surface area contributed by atoms with Crippen molar-refractivity contribution in [2.75, 3.05) is 7.11 Å². The van der Waals surface area contributed by atoms with Crippen molar-refractivity contribution in [3.05, 3.63) is 47.3 Å². The summed E-state index contributed by atoms with van der Waals surface area (Å²) in [6.07, 6.45) is -3.23. The van der Waals surface area contributed by atoms with Gasteiger partial charge in [0.2, 0.25) is 0 Å². The lowest BCUT2D eigenvalue weighted by Crippen LogP contribution is -2.09. The highest BCUT2D eigenvalue weighted by atomic mass is 19.4. The summed E-state index contributed by atoms with van der Waals surface area (Å²) in [7, 11) is 1.45. The van der Waals surface area contributed by atoms with Gasteiger partial charge in [0.05, 0.1) is 25.3 Å². The van der Waals surface area contributed by atoms with E-state index < -0.39 is 11.9 Å². The van der Waals surface area contributed by atoms with E-state index in [4.69, 9.17) is 10.00 Å². The van der Waals surface area contributed by atoms with E-state index in [-0.39, 0.29) is 6.54 Å². The highest BCUT2D eigenvalue weighted by Gasteiger charge is 2.33. The van der Waals surface area contributed by atoms with Crippen LogP contribution in [0.15, 0.2) is 30.5 Å². The number of aromatic nitrogens is 2. The van der Waals surface area contributed by atoms with Crippen LogP contribution in [0.2, 0.25) is 0 Å². The van der Waals surface area contributed by atoms with Crippen molar-refractivity contribution < 1.29 is 17.9 Å². The summed E-state index contributed by atoms with van der Waals surface area (Å²) in [6, 6.07) is 7.61. The van der Waals surface area contributed by atoms with E-state index >= 15 is 0 Å². The maximum atomic E-state index is 12.5. The molecule has 0 saturated heterocycles. The van der Waals surface area contributed by atoms with Crippen molar-refractivity contribution in [3.8, 4) is 11.8 Å². The number of ether oxygens (including phenoxy) is 1. The van der Waals surface area contributed by atoms with Gasteiger partial charge >= 0.3 is 6.18 Å². The number of alkyl halides is 3. The van der Waals surface area contributed by atoms with Crippen LogP contribution >= 0.6 is 0 Å². The molecule has 1 heterocycles. The molecule has 0 unspecified atom stereocenters. The van der Waals surface area contributed by atoms with Gasteiger partial charge in [0, 0.05) is 11.8 Å². The van der Waals surface area contributed by atoms with Crippen LogP contribution in [0.1, 0.15) is 16.8 Å². The maximum absolute atomic E-state index is 12.5. The third-order valence-electron chi connectivity index (χ3n) is 2.67. The van der Waals surface area contributed by atoms with E-state index in [1.54, 1.807) is 18.2 Å². The number of halogens is 3. The Morgan fingerprint density at radius 2 is 2.10 bits per heavy atom. The fourth-order valence-corrected chi connectivity index (χ4v) is 1.75. The molecule has 7 heteroatoms. The molecule has 0 fully saturated rings. The molecule has 1 aromatic carbocycles. The van der Waals surface area contributed by atoms with Gasteiger partial charge in [-0.05, 0) is 24.3 Å². The minimum atomic E-state index is -4.47. The Hall–Kier alpha value is -2.49. The molecule has 0 amide bonds. The molecule has 2 aromatic rings. The summed E-state index contributed by atoms with van der Waals surface area (Å²) in [5, 5.41) is 12.3. The van der Waals surface area contributed by atoms with Crippen molar-refractivity contribution in [3.63, 3.8) is 0 Å². The van der Waals surface area contributed by atoms with Gasteiger partial charge < -0.3 is 4.74 Å². The molecular weight excluding hydrogens is 271 g/mol. The van der Waals surface area contributed by atoms with Gasteiger partial charge in [0.15, 0.2) is 5.69 Å². The first-order chi connectivity index (χ1) is 9.44. The molecule has 104 valence electrons. The summed E-state index contributed by atoms with van der Waals surface area (Å²) < 4.78 is 43.7. The van der Waals surface area contributed by atoms with E-state index in [9.17, 15) is 13.2 Å². The molecule has 4 nitrogen and oxygen atoms in total. The summed E-state index contributed by atoms with van der Waals surface area (Å²) in [4.78, 5) is 0. The number of rotatable bonds is 3.